The molecule has 0 saturated carbocycles. The number of aromatic amines is 1. The molecule has 0 spiro atoms. The summed E-state index contributed by atoms with van der Waals surface area (Å²) in [7, 11) is -4.55. The number of para-hydroxylation sites is 1. The van der Waals surface area contributed by atoms with Crippen molar-refractivity contribution in [2.45, 2.75) is 63.6 Å². The molecule has 37 heavy (non-hydrogen) atoms. The van der Waals surface area contributed by atoms with Crippen LogP contribution in [0.4, 0.5) is 4.39 Å². The molecule has 1 aliphatic heterocycles. The fraction of sp³-hybridized carbons (Fsp3) is 0.500. The van der Waals surface area contributed by atoms with Gasteiger partial charge in [-0.15, -0.1) is 0 Å². The van der Waals surface area contributed by atoms with Gasteiger partial charge in [-0.05, 0) is 39.8 Å². The number of benzene rings is 1. The molecule has 1 aromatic carbocycles. The van der Waals surface area contributed by atoms with E-state index in [1.54, 1.807) is 32.0 Å². The number of H-pyrrole nitrogens is 1. The Kier molecular flexibility index (Phi) is 8.42. The highest BCUT2D eigenvalue weighted by molar-refractivity contribution is 7.52. The lowest BCUT2D eigenvalue weighted by Crippen LogP contribution is -2.50. The van der Waals surface area contributed by atoms with Crippen LogP contribution in [0.3, 0.4) is 0 Å². The summed E-state index contributed by atoms with van der Waals surface area (Å²) in [4.78, 5) is 37.7. The number of nitrogens with one attached hydrogen (secondary N) is 2. The van der Waals surface area contributed by atoms with Crippen LogP contribution in [0.25, 0.3) is 0 Å². The number of alkyl halides is 1. The van der Waals surface area contributed by atoms with Crippen LogP contribution in [0.15, 0.2) is 52.2 Å². The van der Waals surface area contributed by atoms with Crippen LogP contribution in [0.1, 0.15) is 33.9 Å². The number of ether oxygens (including phenoxy) is 2. The van der Waals surface area contributed by atoms with Gasteiger partial charge in [0.15, 0.2) is 6.23 Å². The number of aromatic nitrogens is 2. The van der Waals surface area contributed by atoms with Gasteiger partial charge < -0.3 is 24.2 Å². The number of nitrogens with zero attached hydrogens (tertiary/aromatic N) is 1. The number of hydrogen-bond acceptors (Lipinski definition) is 10. The van der Waals surface area contributed by atoms with Crippen molar-refractivity contribution in [1.82, 2.24) is 14.6 Å². The van der Waals surface area contributed by atoms with E-state index in [1.807, 2.05) is 4.98 Å². The predicted molar refractivity (Wildman–Crippen MR) is 126 cm³/mol. The highest BCUT2D eigenvalue weighted by atomic mass is 31.2. The molecule has 1 aromatic heterocycles. The fourth-order valence-corrected chi connectivity index (χ4v) is 5.02. The standard InChI is InChI=1S/C22H29FN3O10P/c1-13(2)34-17(28)14(3)25-37(32,36-15-8-6-5-7-9-15)33-12-22(23)18(29)21(4,31)19(35-22)26-11-10-16(27)24-20(26)30/h5-11,13-14,18-19,29,31H,12H2,1-4H3,(H,25,32)(H,24,27,30)/t14?,18-,19?,21+,22+,37+/m0/s1. The van der Waals surface area contributed by atoms with E-state index in [-0.39, 0.29) is 5.75 Å². The number of aliphatic hydroxyl groups is 2. The van der Waals surface area contributed by atoms with Crippen molar-refractivity contribution >= 4 is 13.7 Å². The van der Waals surface area contributed by atoms with Gasteiger partial charge in [0.05, 0.1) is 6.10 Å². The highest BCUT2D eigenvalue weighted by Gasteiger charge is 2.63. The van der Waals surface area contributed by atoms with Gasteiger partial charge in [-0.3, -0.25) is 23.7 Å². The minimum atomic E-state index is -4.55. The lowest BCUT2D eigenvalue weighted by atomic mass is 9.95. The van der Waals surface area contributed by atoms with Crippen LogP contribution in [0.2, 0.25) is 0 Å². The Hall–Kier alpha value is -2.87. The molecule has 2 aromatic rings. The summed E-state index contributed by atoms with van der Waals surface area (Å²) in [5.41, 5.74) is -4.18. The Morgan fingerprint density at radius 3 is 2.51 bits per heavy atom. The molecular formula is C22H29FN3O10P. The molecule has 204 valence electrons. The van der Waals surface area contributed by atoms with Gasteiger partial charge in [-0.1, -0.05) is 18.2 Å². The zero-order valence-corrected chi connectivity index (χ0v) is 21.4. The third-order valence-corrected chi connectivity index (χ3v) is 6.95. The van der Waals surface area contributed by atoms with Crippen LogP contribution in [0.5, 0.6) is 5.75 Å². The van der Waals surface area contributed by atoms with Crippen molar-refractivity contribution in [3.05, 3.63) is 63.4 Å². The summed E-state index contributed by atoms with van der Waals surface area (Å²) in [6, 6.07) is 7.38. The van der Waals surface area contributed by atoms with Crippen LogP contribution in [0, 0.1) is 0 Å². The SMILES string of the molecule is CC(C)OC(=O)C(C)N[P@@](=O)(OC[C@@]1(F)OC(n2ccc(=O)[nH]c2=O)[C@](C)(O)[C@@H]1O)Oc1ccccc1. The van der Waals surface area contributed by atoms with Crippen molar-refractivity contribution in [2.24, 2.45) is 0 Å². The normalized spacial score (nSPS) is 28.0. The van der Waals surface area contributed by atoms with Crippen LogP contribution in [-0.2, 0) is 23.4 Å². The number of carbonyl (C=O) groups excluding carboxylic acids is 1. The van der Waals surface area contributed by atoms with E-state index in [0.29, 0.717) is 4.57 Å². The molecule has 0 bridgehead atoms. The minimum Gasteiger partial charge on any atom is -0.462 e. The minimum absolute atomic E-state index is 0.0493. The van der Waals surface area contributed by atoms with Crippen LogP contribution < -0.4 is 20.9 Å². The second-order valence-electron chi connectivity index (χ2n) is 8.91. The summed E-state index contributed by atoms with van der Waals surface area (Å²) < 4.78 is 51.0. The molecular weight excluding hydrogens is 516 g/mol. The zero-order valence-electron chi connectivity index (χ0n) is 20.5. The van der Waals surface area contributed by atoms with E-state index in [2.05, 4.69) is 5.09 Å². The molecule has 0 radical (unpaired) electrons. The maximum absolute atomic E-state index is 15.8. The van der Waals surface area contributed by atoms with Crippen molar-refractivity contribution in [2.75, 3.05) is 6.61 Å². The maximum atomic E-state index is 15.8. The smallest absolute Gasteiger partial charge is 0.459 e. The van der Waals surface area contributed by atoms with Gasteiger partial charge in [0.25, 0.3) is 11.4 Å². The van der Waals surface area contributed by atoms with Gasteiger partial charge in [0, 0.05) is 12.3 Å². The first-order valence-electron chi connectivity index (χ1n) is 11.2. The molecule has 1 saturated heterocycles. The van der Waals surface area contributed by atoms with Gasteiger partial charge in [0.1, 0.15) is 30.1 Å². The van der Waals surface area contributed by atoms with E-state index in [9.17, 15) is 29.2 Å². The molecule has 15 heteroatoms. The summed E-state index contributed by atoms with van der Waals surface area (Å²) in [5, 5.41) is 23.7. The summed E-state index contributed by atoms with van der Waals surface area (Å²) in [6.45, 7) is 4.29. The Balaban J connectivity index is 1.86. The van der Waals surface area contributed by atoms with Crippen LogP contribution in [-0.4, -0.2) is 62.0 Å². The molecule has 4 N–H and O–H groups in total. The van der Waals surface area contributed by atoms with E-state index >= 15 is 4.39 Å². The number of rotatable bonds is 10. The zero-order chi connectivity index (χ0) is 27.6. The number of hydrogen-bond donors (Lipinski definition) is 4. The van der Waals surface area contributed by atoms with Crippen molar-refractivity contribution in [3.8, 4) is 5.75 Å². The Morgan fingerprint density at radius 1 is 1.27 bits per heavy atom. The second kappa shape index (κ2) is 10.9. The Morgan fingerprint density at radius 2 is 1.92 bits per heavy atom. The molecule has 6 atom stereocenters. The van der Waals surface area contributed by atoms with Crippen molar-refractivity contribution < 1.29 is 42.5 Å². The van der Waals surface area contributed by atoms with Crippen molar-refractivity contribution in [1.29, 1.82) is 0 Å². The largest absolute Gasteiger partial charge is 0.462 e. The van der Waals surface area contributed by atoms with Crippen LogP contribution >= 0.6 is 7.75 Å². The van der Waals surface area contributed by atoms with Gasteiger partial charge in [0.2, 0.25) is 0 Å². The molecule has 0 aliphatic carbocycles. The third-order valence-electron chi connectivity index (χ3n) is 5.33. The first-order chi connectivity index (χ1) is 17.2. The van der Waals surface area contributed by atoms with E-state index in [4.69, 9.17) is 18.5 Å². The Labute approximate surface area is 210 Å². The fourth-order valence-electron chi connectivity index (χ4n) is 3.51. The van der Waals surface area contributed by atoms with Crippen molar-refractivity contribution in [3.63, 3.8) is 0 Å². The average molecular weight is 545 g/mol. The molecule has 1 fully saturated rings. The molecule has 2 heterocycles. The molecule has 2 unspecified atom stereocenters. The topological polar surface area (TPSA) is 178 Å². The monoisotopic (exact) mass is 545 g/mol. The summed E-state index contributed by atoms with van der Waals surface area (Å²) >= 11 is 0. The second-order valence-corrected chi connectivity index (χ2v) is 10.6. The van der Waals surface area contributed by atoms with Gasteiger partial charge in [-0.25, -0.2) is 13.8 Å². The average Bonchev–Trinajstić information content (AvgIpc) is 2.98. The maximum Gasteiger partial charge on any atom is 0.459 e. The first kappa shape index (κ1) is 28.7. The highest BCUT2D eigenvalue weighted by Crippen LogP contribution is 2.50. The van der Waals surface area contributed by atoms with E-state index < -0.39 is 67.5 Å². The number of halogens is 1. The molecule has 13 nitrogen and oxygen atoms in total. The predicted octanol–water partition coefficient (Wildman–Crippen LogP) is 0.977. The lowest BCUT2D eigenvalue weighted by Gasteiger charge is -2.29. The third kappa shape index (κ3) is 6.53. The summed E-state index contributed by atoms with van der Waals surface area (Å²) in [6.07, 6.45) is -3.63. The van der Waals surface area contributed by atoms with Gasteiger partial charge in [-0.2, -0.15) is 5.09 Å². The van der Waals surface area contributed by atoms with E-state index in [1.165, 1.54) is 19.1 Å². The quantitative estimate of drug-likeness (QED) is 0.247. The summed E-state index contributed by atoms with van der Waals surface area (Å²) in [5.74, 6) is -3.95. The van der Waals surface area contributed by atoms with E-state index in [0.717, 1.165) is 19.2 Å². The molecule has 1 aliphatic rings. The number of aliphatic hydroxyl groups excluding tert-OH is 1. The van der Waals surface area contributed by atoms with Gasteiger partial charge >= 0.3 is 19.4 Å². The molecule has 3 rings (SSSR count). The molecule has 0 amide bonds. The number of carbonyl (C=O) groups is 1. The Bertz CT molecular complexity index is 1270. The number of esters is 1. The first-order valence-corrected chi connectivity index (χ1v) is 12.8. The lowest BCUT2D eigenvalue weighted by molar-refractivity contribution is -0.204.